The molecular weight excluding hydrogens is 691 g/mol. The number of hydrogen-bond acceptors (Lipinski definition) is 7. The van der Waals surface area contributed by atoms with E-state index in [4.69, 9.17) is 19.3 Å². The lowest BCUT2D eigenvalue weighted by atomic mass is 10.2. The third kappa shape index (κ3) is 39.7. The number of esters is 2. The quantitative estimate of drug-likeness (QED) is 0.0196. The molecule has 0 spiro atoms. The monoisotopic (exact) mass is 758 g/mol. The van der Waals surface area contributed by atoms with Crippen LogP contribution < -0.4 is 0 Å². The van der Waals surface area contributed by atoms with E-state index >= 15 is 0 Å². The molecular formula is C43H67O9P. The van der Waals surface area contributed by atoms with Crippen molar-refractivity contribution in [1.82, 2.24) is 0 Å². The lowest BCUT2D eigenvalue weighted by Crippen LogP contribution is -2.29. The van der Waals surface area contributed by atoms with E-state index in [0.717, 1.165) is 38.5 Å². The Bertz CT molecular complexity index is 1230. The van der Waals surface area contributed by atoms with Crippen LogP contribution in [0.1, 0.15) is 123 Å². The first kappa shape index (κ1) is 49.7. The fraction of sp³-hybridized carbons (Fsp3) is 0.535. The van der Waals surface area contributed by atoms with E-state index in [9.17, 15) is 19.3 Å². The summed E-state index contributed by atoms with van der Waals surface area (Å²) in [4.78, 5) is 42.7. The zero-order chi connectivity index (χ0) is 39.1. The first-order valence-corrected chi connectivity index (χ1v) is 20.8. The Morgan fingerprint density at radius 2 is 1.11 bits per heavy atom. The number of allylic oxidation sites excluding steroid dienone is 16. The van der Waals surface area contributed by atoms with Gasteiger partial charge in [0.15, 0.2) is 6.10 Å². The molecule has 0 bridgehead atoms. The van der Waals surface area contributed by atoms with Gasteiger partial charge < -0.3 is 24.4 Å². The van der Waals surface area contributed by atoms with Gasteiger partial charge in [0.1, 0.15) is 6.61 Å². The molecule has 0 saturated carbocycles. The van der Waals surface area contributed by atoms with E-state index in [0.29, 0.717) is 38.5 Å². The fourth-order valence-corrected chi connectivity index (χ4v) is 4.84. The molecule has 0 heterocycles. The molecule has 0 fully saturated rings. The van der Waals surface area contributed by atoms with Crippen LogP contribution in [-0.2, 0) is 28.2 Å². The highest BCUT2D eigenvalue weighted by Gasteiger charge is 2.22. The summed E-state index contributed by atoms with van der Waals surface area (Å²) in [6.45, 7) is 3.34. The smallest absolute Gasteiger partial charge is 0.462 e. The second-order valence-electron chi connectivity index (χ2n) is 12.4. The van der Waals surface area contributed by atoms with Crippen molar-refractivity contribution in [2.24, 2.45) is 0 Å². The van der Waals surface area contributed by atoms with Gasteiger partial charge in [0.25, 0.3) is 0 Å². The van der Waals surface area contributed by atoms with Crippen molar-refractivity contribution >= 4 is 19.8 Å². The maximum atomic E-state index is 12.4. The van der Waals surface area contributed by atoms with Crippen molar-refractivity contribution in [1.29, 1.82) is 0 Å². The highest BCUT2D eigenvalue weighted by atomic mass is 31.2. The summed E-state index contributed by atoms with van der Waals surface area (Å²) < 4.78 is 26.2. The van der Waals surface area contributed by atoms with Crippen molar-refractivity contribution in [3.05, 3.63) is 109 Å². The van der Waals surface area contributed by atoms with Crippen molar-refractivity contribution < 1.29 is 43.0 Å². The van der Waals surface area contributed by atoms with Gasteiger partial charge >= 0.3 is 19.8 Å². The lowest BCUT2D eigenvalue weighted by molar-refractivity contribution is -0.161. The molecule has 0 aromatic carbocycles. The molecule has 10 heteroatoms. The zero-order valence-corrected chi connectivity index (χ0v) is 33.1. The number of aliphatic hydroxyl groups excluding tert-OH is 1. The van der Waals surface area contributed by atoms with Gasteiger partial charge in [-0.25, -0.2) is 4.57 Å². The number of rotatable bonds is 33. The van der Waals surface area contributed by atoms with Crippen LogP contribution in [0.5, 0.6) is 0 Å². The van der Waals surface area contributed by atoms with Crippen LogP contribution in [-0.4, -0.2) is 52.3 Å². The Morgan fingerprint density at radius 3 is 1.68 bits per heavy atom. The molecule has 0 saturated heterocycles. The van der Waals surface area contributed by atoms with E-state index in [1.54, 1.807) is 6.08 Å². The van der Waals surface area contributed by atoms with Gasteiger partial charge in [-0.05, 0) is 83.5 Å². The fourth-order valence-electron chi connectivity index (χ4n) is 4.48. The van der Waals surface area contributed by atoms with Crippen LogP contribution in [0.15, 0.2) is 109 Å². The number of phosphoric ester groups is 1. The molecule has 0 aromatic rings. The van der Waals surface area contributed by atoms with Gasteiger partial charge in [0.05, 0.1) is 12.7 Å². The van der Waals surface area contributed by atoms with Crippen molar-refractivity contribution in [2.75, 3.05) is 13.2 Å². The molecule has 1 unspecified atom stereocenters. The topological polar surface area (TPSA) is 140 Å². The molecule has 0 rings (SSSR count). The van der Waals surface area contributed by atoms with Gasteiger partial charge in [-0.3, -0.25) is 14.1 Å². The van der Waals surface area contributed by atoms with Gasteiger partial charge in [-0.2, -0.15) is 0 Å². The number of phosphoric acid groups is 1. The van der Waals surface area contributed by atoms with E-state index in [2.05, 4.69) is 67.0 Å². The van der Waals surface area contributed by atoms with Crippen LogP contribution in [0.2, 0.25) is 0 Å². The predicted molar refractivity (Wildman–Crippen MR) is 217 cm³/mol. The first-order chi connectivity index (χ1) is 25.7. The Balaban J connectivity index is 4.26. The largest absolute Gasteiger partial charge is 0.469 e. The predicted octanol–water partition coefficient (Wildman–Crippen LogP) is 10.6. The number of ether oxygens (including phenoxy) is 2. The van der Waals surface area contributed by atoms with Crippen LogP contribution in [0, 0.1) is 0 Å². The minimum absolute atomic E-state index is 0.104. The summed E-state index contributed by atoms with van der Waals surface area (Å²) in [5, 5.41) is 9.97. The highest BCUT2D eigenvalue weighted by Crippen LogP contribution is 2.35. The summed E-state index contributed by atoms with van der Waals surface area (Å²) in [7, 11) is -4.80. The van der Waals surface area contributed by atoms with Gasteiger partial charge in [-0.1, -0.05) is 136 Å². The molecule has 0 amide bonds. The zero-order valence-electron chi connectivity index (χ0n) is 32.2. The van der Waals surface area contributed by atoms with E-state index in [1.807, 2.05) is 54.7 Å². The van der Waals surface area contributed by atoms with Crippen molar-refractivity contribution in [3.63, 3.8) is 0 Å². The summed E-state index contributed by atoms with van der Waals surface area (Å²) in [5.74, 6) is -1.07. The third-order valence-electron chi connectivity index (χ3n) is 7.36. The van der Waals surface area contributed by atoms with Crippen LogP contribution in [0.3, 0.4) is 0 Å². The summed E-state index contributed by atoms with van der Waals surface area (Å²) in [6, 6.07) is 0. The van der Waals surface area contributed by atoms with Crippen LogP contribution in [0.4, 0.5) is 0 Å². The maximum absolute atomic E-state index is 12.4. The Kier molecular flexibility index (Phi) is 34.7. The molecule has 0 aliphatic carbocycles. The average molecular weight is 759 g/mol. The van der Waals surface area contributed by atoms with E-state index < -0.39 is 38.6 Å². The first-order valence-electron chi connectivity index (χ1n) is 19.3. The van der Waals surface area contributed by atoms with Crippen LogP contribution >= 0.6 is 7.82 Å². The Morgan fingerprint density at radius 1 is 0.604 bits per heavy atom. The molecule has 9 nitrogen and oxygen atoms in total. The van der Waals surface area contributed by atoms with E-state index in [-0.39, 0.29) is 19.4 Å². The molecule has 53 heavy (non-hydrogen) atoms. The number of aliphatic hydroxyl groups is 1. The second-order valence-corrected chi connectivity index (χ2v) is 13.6. The number of hydrogen-bond donors (Lipinski definition) is 3. The van der Waals surface area contributed by atoms with Crippen molar-refractivity contribution in [3.8, 4) is 0 Å². The SMILES string of the molecule is CC/C=C\C/C=C\CC(O)/C=C/C=C\C/C=C\CCCC(=O)OC[C@H](COP(=O)(O)O)OC(=O)CCC/C=C\C/C=C\C/C=C\C/C=C\CCCCC. The molecule has 0 aliphatic heterocycles. The number of unbranched alkanes of at least 4 members (excludes halogenated alkanes) is 5. The van der Waals surface area contributed by atoms with Crippen molar-refractivity contribution in [2.45, 2.75) is 135 Å². The molecule has 2 atom stereocenters. The van der Waals surface area contributed by atoms with Gasteiger partial charge in [-0.15, -0.1) is 0 Å². The summed E-state index contributed by atoms with van der Waals surface area (Å²) in [5.41, 5.74) is 0. The average Bonchev–Trinajstić information content (AvgIpc) is 3.12. The Hall–Kier alpha value is -3.33. The lowest BCUT2D eigenvalue weighted by Gasteiger charge is -2.18. The normalized spacial score (nSPS) is 14.3. The second kappa shape index (κ2) is 37.0. The summed E-state index contributed by atoms with van der Waals surface area (Å²) >= 11 is 0. The molecule has 0 aromatic heterocycles. The standard InChI is InChI=1S/C43H67O9P/c1-3-5-7-9-11-12-13-14-15-16-17-18-19-20-25-29-33-37-43(46)52-41(39-51-53(47,48)49)38-50-42(45)36-32-28-24-22-21-23-27-31-35-40(44)34-30-26-10-8-6-4-2/h6,8,11-12,14-15,17-18,20,22-27,30-31,35,40-41,44H,3-5,7,9-10,13,16,19,21,28-29,32-34,36-39H2,1-2H3,(H2,47,48,49)/b8-6-,12-11-,15-14-,18-17-,24-22-,25-20-,27-23-,30-26-,35-31+/t40?,41-/m1/s1. The third-order valence-corrected chi connectivity index (χ3v) is 7.84. The van der Waals surface area contributed by atoms with E-state index in [1.165, 1.54) is 19.3 Å². The Labute approximate surface area is 319 Å². The summed E-state index contributed by atoms with van der Waals surface area (Å²) in [6.07, 6.45) is 48.5. The molecule has 0 radical (unpaired) electrons. The minimum Gasteiger partial charge on any atom is -0.462 e. The highest BCUT2D eigenvalue weighted by molar-refractivity contribution is 7.46. The van der Waals surface area contributed by atoms with Gasteiger partial charge in [0, 0.05) is 12.8 Å². The van der Waals surface area contributed by atoms with Gasteiger partial charge in [0.2, 0.25) is 0 Å². The molecule has 3 N–H and O–H groups in total. The number of carbonyl (C=O) groups excluding carboxylic acids is 2. The minimum atomic E-state index is -4.80. The molecule has 0 aliphatic rings. The van der Waals surface area contributed by atoms with Crippen LogP contribution in [0.25, 0.3) is 0 Å². The maximum Gasteiger partial charge on any atom is 0.469 e. The molecule has 298 valence electrons. The number of carbonyl (C=O) groups is 2.